The van der Waals surface area contributed by atoms with Crippen LogP contribution in [0.1, 0.15) is 28.0 Å². The number of carbonyl (C=O) groups excluding carboxylic acids is 2. The molecule has 0 bridgehead atoms. The monoisotopic (exact) mass is 758 g/mol. The zero-order valence-corrected chi connectivity index (χ0v) is 29.8. The summed E-state index contributed by atoms with van der Waals surface area (Å²) in [5, 5.41) is 0. The highest BCUT2D eigenvalue weighted by Gasteiger charge is 2.32. The van der Waals surface area contributed by atoms with Crippen molar-refractivity contribution in [3.63, 3.8) is 0 Å². The number of rotatable bonds is 14. The fourth-order valence-electron chi connectivity index (χ4n) is 5.53. The quantitative estimate of drug-likeness (QED) is 0.107. The maximum atomic E-state index is 14.4. The molecule has 0 aliphatic rings. The van der Waals surface area contributed by atoms with Gasteiger partial charge in [0.25, 0.3) is 0 Å². The lowest BCUT2D eigenvalue weighted by atomic mass is 10.0. The molecule has 0 saturated carbocycles. The molecule has 1 atom stereocenters. The molecule has 5 aromatic rings. The molecule has 51 heavy (non-hydrogen) atoms. The molecule has 0 spiro atoms. The van der Waals surface area contributed by atoms with Gasteiger partial charge in [-0.1, -0.05) is 72.8 Å². The van der Waals surface area contributed by atoms with Gasteiger partial charge in [-0.15, -0.1) is 0 Å². The van der Waals surface area contributed by atoms with Crippen molar-refractivity contribution in [2.75, 3.05) is 27.2 Å². The van der Waals surface area contributed by atoms with E-state index in [-0.39, 0.29) is 18.9 Å². The molecular weight excluding hydrogens is 721 g/mol. The second-order valence-electron chi connectivity index (χ2n) is 12.2. The van der Waals surface area contributed by atoms with E-state index in [1.165, 1.54) is 29.2 Å². The molecule has 2 heterocycles. The Labute approximate surface area is 304 Å². The molecule has 0 aliphatic carbocycles. The van der Waals surface area contributed by atoms with Crippen molar-refractivity contribution in [1.82, 2.24) is 19.7 Å². The molecule has 0 fully saturated rings. The standard InChI is InChI=1S/C40H38BrF3N4O3/c1-46(28-34-20-21-37(41)51-34)24-25-47(2)39(50)36(26-30-8-4-3-5-9-30)48(27-31-11-16-32(17-12-31)35-10-6-7-23-45-35)38(49)22-15-29-13-18-33(19-14-29)40(42,43)44/h3-23,36H,24-28H2,1-2H3. The maximum Gasteiger partial charge on any atom is 0.416 e. The Balaban J connectivity index is 1.42. The maximum absolute atomic E-state index is 14.4. The first-order valence-electron chi connectivity index (χ1n) is 16.3. The second kappa shape index (κ2) is 17.3. The molecule has 5 rings (SSSR count). The average Bonchev–Trinajstić information content (AvgIpc) is 3.55. The fraction of sp³-hybridized carbons (Fsp3) is 0.225. The van der Waals surface area contributed by atoms with E-state index in [2.05, 4.69) is 20.9 Å². The zero-order chi connectivity index (χ0) is 36.4. The second-order valence-corrected chi connectivity index (χ2v) is 13.0. The van der Waals surface area contributed by atoms with Gasteiger partial charge in [0, 0.05) is 50.9 Å². The van der Waals surface area contributed by atoms with Crippen molar-refractivity contribution in [2.45, 2.75) is 31.7 Å². The van der Waals surface area contributed by atoms with Gasteiger partial charge in [-0.2, -0.15) is 13.2 Å². The van der Waals surface area contributed by atoms with Gasteiger partial charge in [0.05, 0.1) is 17.8 Å². The highest BCUT2D eigenvalue weighted by Crippen LogP contribution is 2.29. The van der Waals surface area contributed by atoms with Crippen LogP contribution in [0.15, 0.2) is 131 Å². The summed E-state index contributed by atoms with van der Waals surface area (Å²) < 4.78 is 45.7. The summed E-state index contributed by atoms with van der Waals surface area (Å²) in [5.41, 5.74) is 3.03. The lowest BCUT2D eigenvalue weighted by Crippen LogP contribution is -2.51. The Hall–Kier alpha value is -5.00. The van der Waals surface area contributed by atoms with Crippen LogP contribution in [0.3, 0.4) is 0 Å². The molecular formula is C40H38BrF3N4O3. The molecule has 0 radical (unpaired) electrons. The third kappa shape index (κ3) is 10.7. The van der Waals surface area contributed by atoms with Gasteiger partial charge in [0.2, 0.25) is 11.8 Å². The van der Waals surface area contributed by atoms with E-state index in [0.717, 1.165) is 40.3 Å². The van der Waals surface area contributed by atoms with Crippen molar-refractivity contribution in [2.24, 2.45) is 0 Å². The van der Waals surface area contributed by atoms with Crippen LogP contribution in [0.5, 0.6) is 0 Å². The minimum Gasteiger partial charge on any atom is -0.453 e. The van der Waals surface area contributed by atoms with E-state index < -0.39 is 23.7 Å². The van der Waals surface area contributed by atoms with Crippen LogP contribution < -0.4 is 0 Å². The van der Waals surface area contributed by atoms with E-state index in [1.54, 1.807) is 18.1 Å². The summed E-state index contributed by atoms with van der Waals surface area (Å²) in [6.45, 7) is 1.61. The van der Waals surface area contributed by atoms with Crippen molar-refractivity contribution in [3.8, 4) is 11.3 Å². The van der Waals surface area contributed by atoms with Gasteiger partial charge in [-0.25, -0.2) is 0 Å². The molecule has 3 aromatic carbocycles. The fourth-order valence-corrected chi connectivity index (χ4v) is 5.87. The SMILES string of the molecule is CN(CCN(C)C(=O)C(Cc1ccccc1)N(Cc1ccc(-c2ccccn2)cc1)C(=O)C=Cc1ccc(C(F)(F)F)cc1)Cc1ccc(Br)o1. The minimum atomic E-state index is -4.47. The molecule has 264 valence electrons. The Morgan fingerprint density at radius 1 is 0.824 bits per heavy atom. The molecule has 2 amide bonds. The lowest BCUT2D eigenvalue weighted by Gasteiger charge is -2.34. The third-order valence-corrected chi connectivity index (χ3v) is 8.81. The summed E-state index contributed by atoms with van der Waals surface area (Å²) in [6.07, 6.45) is 0.284. The Morgan fingerprint density at radius 2 is 1.53 bits per heavy atom. The average molecular weight is 760 g/mol. The van der Waals surface area contributed by atoms with Crippen LogP contribution >= 0.6 is 15.9 Å². The number of hydrogen-bond donors (Lipinski definition) is 0. The van der Waals surface area contributed by atoms with Crippen LogP contribution in [0.25, 0.3) is 17.3 Å². The number of pyridine rings is 1. The van der Waals surface area contributed by atoms with E-state index in [1.807, 2.05) is 96.9 Å². The molecule has 0 N–H and O–H groups in total. The molecule has 0 saturated heterocycles. The Morgan fingerprint density at radius 3 is 2.16 bits per heavy atom. The molecule has 0 aliphatic heterocycles. The Kier molecular flexibility index (Phi) is 12.6. The van der Waals surface area contributed by atoms with Crippen LogP contribution in [-0.4, -0.2) is 64.7 Å². The summed E-state index contributed by atoms with van der Waals surface area (Å²) >= 11 is 3.32. The predicted molar refractivity (Wildman–Crippen MR) is 195 cm³/mol. The summed E-state index contributed by atoms with van der Waals surface area (Å²) in [7, 11) is 3.66. The van der Waals surface area contributed by atoms with Gasteiger partial charge in [-0.05, 0) is 82.1 Å². The number of amides is 2. The van der Waals surface area contributed by atoms with E-state index >= 15 is 0 Å². The van der Waals surface area contributed by atoms with Gasteiger partial charge in [-0.3, -0.25) is 19.5 Å². The summed E-state index contributed by atoms with van der Waals surface area (Å²) in [6, 6.07) is 30.2. The highest BCUT2D eigenvalue weighted by molar-refractivity contribution is 9.10. The molecule has 1 unspecified atom stereocenters. The number of aromatic nitrogens is 1. The predicted octanol–water partition coefficient (Wildman–Crippen LogP) is 8.37. The van der Waals surface area contributed by atoms with Gasteiger partial charge in [0.15, 0.2) is 4.67 Å². The summed E-state index contributed by atoms with van der Waals surface area (Å²) in [4.78, 5) is 38.1. The van der Waals surface area contributed by atoms with Gasteiger partial charge < -0.3 is 14.2 Å². The number of benzene rings is 3. The first-order valence-corrected chi connectivity index (χ1v) is 17.1. The largest absolute Gasteiger partial charge is 0.453 e. The number of carbonyl (C=O) groups is 2. The van der Waals surface area contributed by atoms with Crippen LogP contribution in [0, 0.1) is 0 Å². The molecule has 7 nitrogen and oxygen atoms in total. The number of hydrogen-bond acceptors (Lipinski definition) is 5. The number of halogens is 4. The van der Waals surface area contributed by atoms with E-state index in [9.17, 15) is 22.8 Å². The number of nitrogens with zero attached hydrogens (tertiary/aromatic N) is 4. The number of likely N-dealkylation sites (N-methyl/N-ethyl adjacent to an activating group) is 2. The van der Waals surface area contributed by atoms with E-state index in [0.29, 0.717) is 29.9 Å². The van der Waals surface area contributed by atoms with Crippen molar-refractivity contribution < 1.29 is 27.2 Å². The minimum absolute atomic E-state index is 0.114. The smallest absolute Gasteiger partial charge is 0.416 e. The van der Waals surface area contributed by atoms with Gasteiger partial charge in [0.1, 0.15) is 11.8 Å². The van der Waals surface area contributed by atoms with Crippen LogP contribution in [0.2, 0.25) is 0 Å². The van der Waals surface area contributed by atoms with Crippen molar-refractivity contribution >= 4 is 33.8 Å². The topological polar surface area (TPSA) is 69.9 Å². The summed E-state index contributed by atoms with van der Waals surface area (Å²) in [5.74, 6) is 0.0901. The van der Waals surface area contributed by atoms with Crippen molar-refractivity contribution in [3.05, 3.63) is 154 Å². The lowest BCUT2D eigenvalue weighted by molar-refractivity contribution is -0.143. The van der Waals surface area contributed by atoms with E-state index in [4.69, 9.17) is 4.42 Å². The third-order valence-electron chi connectivity index (χ3n) is 8.39. The van der Waals surface area contributed by atoms with Crippen LogP contribution in [0.4, 0.5) is 13.2 Å². The first-order chi connectivity index (χ1) is 24.5. The zero-order valence-electron chi connectivity index (χ0n) is 28.3. The first kappa shape index (κ1) is 37.3. The van der Waals surface area contributed by atoms with Gasteiger partial charge >= 0.3 is 6.18 Å². The highest BCUT2D eigenvalue weighted by atomic mass is 79.9. The molecule has 2 aromatic heterocycles. The number of furan rings is 1. The number of alkyl halides is 3. The van der Waals surface area contributed by atoms with Crippen LogP contribution in [-0.2, 0) is 35.3 Å². The molecule has 11 heteroatoms. The Bertz CT molecular complexity index is 1900. The normalized spacial score (nSPS) is 12.3. The van der Waals surface area contributed by atoms with Crippen molar-refractivity contribution in [1.29, 1.82) is 0 Å².